The molecule has 0 saturated heterocycles. The summed E-state index contributed by atoms with van der Waals surface area (Å²) < 4.78 is 5.14. The molecule has 2 rings (SSSR count). The molecule has 0 bridgehead atoms. The monoisotopic (exact) mass is 275 g/mol. The number of nitrogens with zero attached hydrogens (tertiary/aromatic N) is 2. The summed E-state index contributed by atoms with van der Waals surface area (Å²) in [5, 5.41) is 15.5. The summed E-state index contributed by atoms with van der Waals surface area (Å²) in [4.78, 5) is 14.6. The van der Waals surface area contributed by atoms with E-state index in [0.717, 1.165) is 5.56 Å². The fourth-order valence-corrected chi connectivity index (χ4v) is 1.71. The van der Waals surface area contributed by atoms with E-state index in [1.54, 1.807) is 0 Å². The third-order valence-corrected chi connectivity index (χ3v) is 2.80. The largest absolute Gasteiger partial charge is 0.481 e. The Hall–Kier alpha value is -2.21. The molecule has 1 heterocycles. The van der Waals surface area contributed by atoms with E-state index < -0.39 is 5.97 Å². The van der Waals surface area contributed by atoms with Crippen LogP contribution in [0.5, 0.6) is 0 Å². The molecule has 0 aliphatic heterocycles. The molecule has 0 radical (unpaired) electrons. The number of aryl methyl sites for hydroxylation is 1. The average molecular weight is 275 g/mol. The summed E-state index contributed by atoms with van der Waals surface area (Å²) in [5.74, 6) is 0.273. The molecule has 106 valence electrons. The number of carboxylic acid groups (broad SMARTS) is 1. The zero-order valence-corrected chi connectivity index (χ0v) is 11.3. The summed E-state index contributed by atoms with van der Waals surface area (Å²) in [6, 6.07) is 7.89. The zero-order chi connectivity index (χ0) is 14.4. The SMILES string of the molecule is Cc1ccc(-c2noc(CNCCCC(=O)O)n2)cc1. The number of nitrogens with one attached hydrogen (secondary N) is 1. The van der Waals surface area contributed by atoms with E-state index in [0.29, 0.717) is 31.2 Å². The number of aliphatic carboxylic acids is 1. The highest BCUT2D eigenvalue weighted by molar-refractivity contribution is 5.66. The maximum Gasteiger partial charge on any atom is 0.303 e. The standard InChI is InChI=1S/C14H17N3O3/c1-10-4-6-11(7-5-10)14-16-12(20-17-14)9-15-8-2-3-13(18)19/h4-7,15H,2-3,8-9H2,1H3,(H,18,19). The Morgan fingerprint density at radius 1 is 1.35 bits per heavy atom. The zero-order valence-electron chi connectivity index (χ0n) is 11.3. The van der Waals surface area contributed by atoms with Crippen molar-refractivity contribution in [1.29, 1.82) is 0 Å². The molecule has 0 saturated carbocycles. The smallest absolute Gasteiger partial charge is 0.303 e. The van der Waals surface area contributed by atoms with E-state index in [9.17, 15) is 4.79 Å². The van der Waals surface area contributed by atoms with Crippen LogP contribution in [0.15, 0.2) is 28.8 Å². The molecular weight excluding hydrogens is 258 g/mol. The Morgan fingerprint density at radius 3 is 2.80 bits per heavy atom. The van der Waals surface area contributed by atoms with E-state index in [1.165, 1.54) is 5.56 Å². The van der Waals surface area contributed by atoms with Crippen molar-refractivity contribution in [1.82, 2.24) is 15.5 Å². The van der Waals surface area contributed by atoms with Gasteiger partial charge < -0.3 is 14.9 Å². The molecule has 0 atom stereocenters. The van der Waals surface area contributed by atoms with Crippen LogP contribution in [0.1, 0.15) is 24.3 Å². The van der Waals surface area contributed by atoms with Crippen LogP contribution in [0.25, 0.3) is 11.4 Å². The Morgan fingerprint density at radius 2 is 2.10 bits per heavy atom. The van der Waals surface area contributed by atoms with Gasteiger partial charge in [-0.25, -0.2) is 0 Å². The predicted molar refractivity (Wildman–Crippen MR) is 73.0 cm³/mol. The van der Waals surface area contributed by atoms with E-state index in [1.807, 2.05) is 31.2 Å². The van der Waals surface area contributed by atoms with Gasteiger partial charge in [0.25, 0.3) is 0 Å². The Bertz CT molecular complexity index is 563. The van der Waals surface area contributed by atoms with Crippen LogP contribution in [-0.4, -0.2) is 27.8 Å². The van der Waals surface area contributed by atoms with E-state index >= 15 is 0 Å². The minimum atomic E-state index is -0.786. The first-order valence-corrected chi connectivity index (χ1v) is 6.47. The minimum Gasteiger partial charge on any atom is -0.481 e. The molecule has 0 unspecified atom stereocenters. The highest BCUT2D eigenvalue weighted by Crippen LogP contribution is 2.16. The first-order chi connectivity index (χ1) is 9.65. The van der Waals surface area contributed by atoms with Gasteiger partial charge in [-0.1, -0.05) is 35.0 Å². The molecule has 6 nitrogen and oxygen atoms in total. The molecule has 0 aliphatic carbocycles. The maximum absolute atomic E-state index is 10.3. The second-order valence-electron chi connectivity index (χ2n) is 4.55. The van der Waals surface area contributed by atoms with Crippen molar-refractivity contribution in [3.8, 4) is 11.4 Å². The quantitative estimate of drug-likeness (QED) is 0.751. The summed E-state index contributed by atoms with van der Waals surface area (Å²) >= 11 is 0. The summed E-state index contributed by atoms with van der Waals surface area (Å²) in [6.07, 6.45) is 0.736. The van der Waals surface area contributed by atoms with Crippen molar-refractivity contribution in [2.24, 2.45) is 0 Å². The fraction of sp³-hybridized carbons (Fsp3) is 0.357. The fourth-order valence-electron chi connectivity index (χ4n) is 1.71. The van der Waals surface area contributed by atoms with Gasteiger partial charge in [-0.3, -0.25) is 4.79 Å². The first kappa shape index (κ1) is 14.2. The lowest BCUT2D eigenvalue weighted by molar-refractivity contribution is -0.137. The summed E-state index contributed by atoms with van der Waals surface area (Å²) in [5.41, 5.74) is 2.09. The predicted octanol–water partition coefficient (Wildman–Crippen LogP) is 2.00. The Labute approximate surface area is 116 Å². The molecule has 1 aromatic heterocycles. The van der Waals surface area contributed by atoms with Gasteiger partial charge in [-0.05, 0) is 19.9 Å². The topological polar surface area (TPSA) is 88.2 Å². The molecule has 0 fully saturated rings. The van der Waals surface area contributed by atoms with Crippen molar-refractivity contribution >= 4 is 5.97 Å². The number of carboxylic acids is 1. The van der Waals surface area contributed by atoms with Crippen molar-refractivity contribution in [3.05, 3.63) is 35.7 Å². The van der Waals surface area contributed by atoms with E-state index in [4.69, 9.17) is 9.63 Å². The lowest BCUT2D eigenvalue weighted by Gasteiger charge is -1.98. The third kappa shape index (κ3) is 4.17. The van der Waals surface area contributed by atoms with Gasteiger partial charge in [0.2, 0.25) is 11.7 Å². The number of carbonyl (C=O) groups is 1. The third-order valence-electron chi connectivity index (χ3n) is 2.80. The van der Waals surface area contributed by atoms with Crippen LogP contribution >= 0.6 is 0 Å². The highest BCUT2D eigenvalue weighted by Gasteiger charge is 2.07. The normalized spacial score (nSPS) is 10.7. The lowest BCUT2D eigenvalue weighted by atomic mass is 10.1. The Kier molecular flexibility index (Phi) is 4.84. The van der Waals surface area contributed by atoms with Gasteiger partial charge in [0.1, 0.15) is 0 Å². The van der Waals surface area contributed by atoms with Gasteiger partial charge in [0, 0.05) is 12.0 Å². The van der Waals surface area contributed by atoms with Gasteiger partial charge in [0.05, 0.1) is 6.54 Å². The average Bonchev–Trinajstić information content (AvgIpc) is 2.87. The lowest BCUT2D eigenvalue weighted by Crippen LogP contribution is -2.15. The second-order valence-corrected chi connectivity index (χ2v) is 4.55. The molecule has 20 heavy (non-hydrogen) atoms. The molecule has 1 aromatic carbocycles. The van der Waals surface area contributed by atoms with Crippen molar-refractivity contribution in [3.63, 3.8) is 0 Å². The van der Waals surface area contributed by atoms with Gasteiger partial charge in [0.15, 0.2) is 0 Å². The number of rotatable bonds is 7. The van der Waals surface area contributed by atoms with Crippen LogP contribution in [0.3, 0.4) is 0 Å². The molecule has 0 amide bonds. The van der Waals surface area contributed by atoms with Crippen molar-refractivity contribution in [2.75, 3.05) is 6.54 Å². The Balaban J connectivity index is 1.83. The molecule has 0 spiro atoms. The molecule has 2 aromatic rings. The number of benzene rings is 1. The van der Waals surface area contributed by atoms with Crippen LogP contribution in [0.4, 0.5) is 0 Å². The maximum atomic E-state index is 10.3. The highest BCUT2D eigenvalue weighted by atomic mass is 16.5. The molecule has 6 heteroatoms. The van der Waals surface area contributed by atoms with Gasteiger partial charge in [-0.15, -0.1) is 0 Å². The van der Waals surface area contributed by atoms with Crippen LogP contribution in [0, 0.1) is 6.92 Å². The van der Waals surface area contributed by atoms with Crippen LogP contribution in [-0.2, 0) is 11.3 Å². The molecule has 0 aliphatic rings. The number of hydrogen-bond acceptors (Lipinski definition) is 5. The summed E-state index contributed by atoms with van der Waals surface area (Å²) in [7, 11) is 0. The van der Waals surface area contributed by atoms with Gasteiger partial charge in [-0.2, -0.15) is 4.98 Å². The molecule has 2 N–H and O–H groups in total. The minimum absolute atomic E-state index is 0.158. The van der Waals surface area contributed by atoms with Crippen molar-refractivity contribution < 1.29 is 14.4 Å². The second kappa shape index (κ2) is 6.81. The summed E-state index contributed by atoms with van der Waals surface area (Å²) in [6.45, 7) is 3.07. The number of hydrogen-bond donors (Lipinski definition) is 2. The number of aromatic nitrogens is 2. The van der Waals surface area contributed by atoms with Crippen molar-refractivity contribution in [2.45, 2.75) is 26.3 Å². The molecular formula is C14H17N3O3. The van der Waals surface area contributed by atoms with Crippen LogP contribution in [0.2, 0.25) is 0 Å². The van der Waals surface area contributed by atoms with E-state index in [-0.39, 0.29) is 6.42 Å². The van der Waals surface area contributed by atoms with E-state index in [2.05, 4.69) is 15.5 Å². The first-order valence-electron chi connectivity index (χ1n) is 6.47. The van der Waals surface area contributed by atoms with Gasteiger partial charge >= 0.3 is 5.97 Å². The van der Waals surface area contributed by atoms with Crippen LogP contribution < -0.4 is 5.32 Å².